The third-order valence-corrected chi connectivity index (χ3v) is 2.80. The zero-order valence-electron chi connectivity index (χ0n) is 11.7. The first-order valence-electron chi connectivity index (χ1n) is 6.37. The van der Waals surface area contributed by atoms with E-state index in [0.29, 0.717) is 0 Å². The fourth-order valence-electron chi connectivity index (χ4n) is 1.43. The Morgan fingerprint density at radius 2 is 1.81 bits per heavy atom. The number of nitrogens with one attached hydrogen (secondary N) is 1. The number of alkyl halides is 3. The molecule has 0 aliphatic heterocycles. The summed E-state index contributed by atoms with van der Waals surface area (Å²) in [5.74, 6) is -1.30. The van der Waals surface area contributed by atoms with Crippen molar-refractivity contribution in [3.63, 3.8) is 0 Å². The molecule has 0 saturated heterocycles. The molecule has 1 atom stereocenters. The quantitative estimate of drug-likeness (QED) is 0.851. The van der Waals surface area contributed by atoms with Crippen LogP contribution in [0.2, 0.25) is 0 Å². The summed E-state index contributed by atoms with van der Waals surface area (Å²) >= 11 is 0. The first-order chi connectivity index (χ1) is 9.74. The number of ether oxygens (including phenoxy) is 1. The molecule has 0 aliphatic carbocycles. The Kier molecular flexibility index (Phi) is 5.75. The van der Waals surface area contributed by atoms with Gasteiger partial charge < -0.3 is 10.1 Å². The standard InChI is InChI=1S/C14H16F3NO3/c1-3-9(2)18-12(19)8-21-13(20)10-4-6-11(7-5-10)14(15,16)17/h4-7,9H,3,8H2,1-2H3,(H,18,19)/t9-/m1/s1. The monoisotopic (exact) mass is 303 g/mol. The second-order valence-electron chi connectivity index (χ2n) is 4.53. The Balaban J connectivity index is 2.55. The molecule has 0 unspecified atom stereocenters. The molecule has 1 aromatic carbocycles. The van der Waals surface area contributed by atoms with Crippen LogP contribution in [0.1, 0.15) is 36.2 Å². The van der Waals surface area contributed by atoms with Crippen LogP contribution >= 0.6 is 0 Å². The van der Waals surface area contributed by atoms with Crippen LogP contribution in [-0.2, 0) is 15.7 Å². The second kappa shape index (κ2) is 7.10. The van der Waals surface area contributed by atoms with Gasteiger partial charge in [0.25, 0.3) is 5.91 Å². The summed E-state index contributed by atoms with van der Waals surface area (Å²) in [7, 11) is 0. The number of benzene rings is 1. The number of hydrogen-bond acceptors (Lipinski definition) is 3. The van der Waals surface area contributed by atoms with Crippen LogP contribution < -0.4 is 5.32 Å². The van der Waals surface area contributed by atoms with Gasteiger partial charge in [0, 0.05) is 6.04 Å². The summed E-state index contributed by atoms with van der Waals surface area (Å²) < 4.78 is 41.8. The van der Waals surface area contributed by atoms with Crippen LogP contribution in [0.3, 0.4) is 0 Å². The highest BCUT2D eigenvalue weighted by Gasteiger charge is 2.30. The maximum Gasteiger partial charge on any atom is 0.416 e. The van der Waals surface area contributed by atoms with E-state index in [9.17, 15) is 22.8 Å². The van der Waals surface area contributed by atoms with Crippen LogP contribution in [0.25, 0.3) is 0 Å². The van der Waals surface area contributed by atoms with Gasteiger partial charge in [-0.25, -0.2) is 4.79 Å². The van der Waals surface area contributed by atoms with Gasteiger partial charge in [0.2, 0.25) is 0 Å². The second-order valence-corrected chi connectivity index (χ2v) is 4.53. The highest BCUT2D eigenvalue weighted by Crippen LogP contribution is 2.29. The van der Waals surface area contributed by atoms with Crippen molar-refractivity contribution < 1.29 is 27.5 Å². The van der Waals surface area contributed by atoms with Crippen molar-refractivity contribution in [1.29, 1.82) is 0 Å². The van der Waals surface area contributed by atoms with Crippen molar-refractivity contribution >= 4 is 11.9 Å². The van der Waals surface area contributed by atoms with Gasteiger partial charge in [0.05, 0.1) is 11.1 Å². The lowest BCUT2D eigenvalue weighted by Crippen LogP contribution is -2.35. The van der Waals surface area contributed by atoms with E-state index < -0.39 is 30.2 Å². The molecule has 21 heavy (non-hydrogen) atoms. The molecule has 7 heteroatoms. The third-order valence-electron chi connectivity index (χ3n) is 2.80. The van der Waals surface area contributed by atoms with Gasteiger partial charge in [-0.1, -0.05) is 6.92 Å². The molecule has 0 aliphatic rings. The molecule has 0 heterocycles. The molecule has 0 fully saturated rings. The maximum atomic E-state index is 12.4. The van der Waals surface area contributed by atoms with E-state index in [1.54, 1.807) is 6.92 Å². The smallest absolute Gasteiger partial charge is 0.416 e. The summed E-state index contributed by atoms with van der Waals surface area (Å²) in [6, 6.07) is 3.56. The van der Waals surface area contributed by atoms with Crippen LogP contribution in [-0.4, -0.2) is 24.5 Å². The van der Waals surface area contributed by atoms with Crippen molar-refractivity contribution in [2.75, 3.05) is 6.61 Å². The van der Waals surface area contributed by atoms with E-state index in [1.807, 2.05) is 6.92 Å². The SMILES string of the molecule is CC[C@@H](C)NC(=O)COC(=O)c1ccc(C(F)(F)F)cc1. The van der Waals surface area contributed by atoms with Crippen LogP contribution in [0.15, 0.2) is 24.3 Å². The Bertz CT molecular complexity index is 497. The maximum absolute atomic E-state index is 12.4. The van der Waals surface area contributed by atoms with Crippen LogP contribution in [0.5, 0.6) is 0 Å². The van der Waals surface area contributed by atoms with Crippen LogP contribution in [0, 0.1) is 0 Å². The predicted molar refractivity (Wildman–Crippen MR) is 69.6 cm³/mol. The largest absolute Gasteiger partial charge is 0.452 e. The van der Waals surface area contributed by atoms with Crippen LogP contribution in [0.4, 0.5) is 13.2 Å². The Labute approximate surface area is 120 Å². The van der Waals surface area contributed by atoms with Gasteiger partial charge in [0.1, 0.15) is 0 Å². The fourth-order valence-corrected chi connectivity index (χ4v) is 1.43. The lowest BCUT2D eigenvalue weighted by molar-refractivity contribution is -0.137. The minimum atomic E-state index is -4.46. The van der Waals surface area contributed by atoms with Gasteiger partial charge in [0.15, 0.2) is 6.61 Å². The molecule has 0 spiro atoms. The Morgan fingerprint density at radius 1 is 1.24 bits per heavy atom. The summed E-state index contributed by atoms with van der Waals surface area (Å²) in [6.45, 7) is 3.22. The highest BCUT2D eigenvalue weighted by atomic mass is 19.4. The van der Waals surface area contributed by atoms with E-state index in [1.165, 1.54) is 0 Å². The number of hydrogen-bond donors (Lipinski definition) is 1. The lowest BCUT2D eigenvalue weighted by atomic mass is 10.1. The molecule has 1 amide bonds. The van der Waals surface area contributed by atoms with E-state index in [-0.39, 0.29) is 11.6 Å². The average molecular weight is 303 g/mol. The number of amides is 1. The highest BCUT2D eigenvalue weighted by molar-refractivity contribution is 5.91. The van der Waals surface area contributed by atoms with Gasteiger partial charge in [-0.15, -0.1) is 0 Å². The van der Waals surface area contributed by atoms with Crippen molar-refractivity contribution in [2.45, 2.75) is 32.5 Å². The van der Waals surface area contributed by atoms with Crippen molar-refractivity contribution in [3.8, 4) is 0 Å². The van der Waals surface area contributed by atoms with Crippen molar-refractivity contribution in [2.24, 2.45) is 0 Å². The summed E-state index contributed by atoms with van der Waals surface area (Å²) in [5, 5.41) is 2.60. The molecule has 116 valence electrons. The van der Waals surface area contributed by atoms with E-state index in [2.05, 4.69) is 5.32 Å². The number of carbonyl (C=O) groups excluding carboxylic acids is 2. The summed E-state index contributed by atoms with van der Waals surface area (Å²) in [5.41, 5.74) is -0.895. The Hall–Kier alpha value is -2.05. The molecule has 0 aromatic heterocycles. The number of carbonyl (C=O) groups is 2. The summed E-state index contributed by atoms with van der Waals surface area (Å²) in [6.07, 6.45) is -3.72. The lowest BCUT2D eigenvalue weighted by Gasteiger charge is -2.11. The Morgan fingerprint density at radius 3 is 2.29 bits per heavy atom. The minimum Gasteiger partial charge on any atom is -0.452 e. The van der Waals surface area contributed by atoms with E-state index >= 15 is 0 Å². The number of halogens is 3. The van der Waals surface area contributed by atoms with E-state index in [4.69, 9.17) is 4.74 Å². The topological polar surface area (TPSA) is 55.4 Å². The third kappa shape index (κ3) is 5.45. The summed E-state index contributed by atoms with van der Waals surface area (Å²) in [4.78, 5) is 23.0. The van der Waals surface area contributed by atoms with Crippen molar-refractivity contribution in [3.05, 3.63) is 35.4 Å². The van der Waals surface area contributed by atoms with Gasteiger partial charge in [-0.3, -0.25) is 4.79 Å². The van der Waals surface area contributed by atoms with E-state index in [0.717, 1.165) is 30.7 Å². The molecular weight excluding hydrogens is 287 g/mol. The predicted octanol–water partition coefficient (Wildman–Crippen LogP) is 2.78. The molecule has 1 aromatic rings. The average Bonchev–Trinajstić information content (AvgIpc) is 2.43. The fraction of sp³-hybridized carbons (Fsp3) is 0.429. The zero-order chi connectivity index (χ0) is 16.0. The van der Waals surface area contributed by atoms with Gasteiger partial charge in [-0.2, -0.15) is 13.2 Å². The number of rotatable bonds is 5. The molecule has 1 rings (SSSR count). The first kappa shape index (κ1) is 17.0. The minimum absolute atomic E-state index is 0.0396. The molecule has 1 N–H and O–H groups in total. The zero-order valence-corrected chi connectivity index (χ0v) is 11.7. The van der Waals surface area contributed by atoms with Gasteiger partial charge >= 0.3 is 12.1 Å². The molecule has 0 radical (unpaired) electrons. The molecule has 0 saturated carbocycles. The first-order valence-corrected chi connectivity index (χ1v) is 6.37. The van der Waals surface area contributed by atoms with Gasteiger partial charge in [-0.05, 0) is 37.6 Å². The number of esters is 1. The van der Waals surface area contributed by atoms with Crippen molar-refractivity contribution in [1.82, 2.24) is 5.32 Å². The normalized spacial score (nSPS) is 12.6. The molecule has 4 nitrogen and oxygen atoms in total. The molecule has 0 bridgehead atoms. The molecular formula is C14H16F3NO3.